The summed E-state index contributed by atoms with van der Waals surface area (Å²) in [5.41, 5.74) is 0. The average Bonchev–Trinajstić information content (AvgIpc) is 1.63. The molecule has 0 spiro atoms. The van der Waals surface area contributed by atoms with E-state index in [0.29, 0.717) is 9.77 Å². The highest BCUT2D eigenvalue weighted by Crippen LogP contribution is 1.95. The molecule has 2 nitrogen and oxygen atoms in total. The lowest BCUT2D eigenvalue weighted by atomic mass is 10.5. The van der Waals surface area contributed by atoms with E-state index in [0.717, 1.165) is 0 Å². The fourth-order valence-electron chi connectivity index (χ4n) is 0.329. The van der Waals surface area contributed by atoms with Gasteiger partial charge in [-0.25, -0.2) is 4.74 Å². The summed E-state index contributed by atoms with van der Waals surface area (Å²) in [5.74, 6) is 0. The number of rotatable bonds is 2. The number of nitrogens with zero attached hydrogens (tertiary/aromatic N) is 1. The van der Waals surface area contributed by atoms with Gasteiger partial charge in [0.25, 0.3) is 0 Å². The van der Waals surface area contributed by atoms with Crippen LogP contribution in [0, 0.1) is 5.21 Å². The highest BCUT2D eigenvalue weighted by Gasteiger charge is 1.85. The Morgan fingerprint density at radius 2 is 2.33 bits per heavy atom. The van der Waals surface area contributed by atoms with Crippen LogP contribution in [0.15, 0.2) is 23.8 Å². The Morgan fingerprint density at radius 1 is 1.78 bits per heavy atom. The minimum absolute atomic E-state index is 0.377. The molecule has 3 heteroatoms. The third-order valence-electron chi connectivity index (χ3n) is 0.582. The van der Waals surface area contributed by atoms with E-state index in [1.54, 1.807) is 0 Å². The molecule has 0 fully saturated rings. The quantitative estimate of drug-likeness (QED) is 0.190. The van der Waals surface area contributed by atoms with Crippen LogP contribution in [-0.4, -0.2) is 18.0 Å². The average molecular weight is 146 g/mol. The molecular formula is C6H8ClNO. The molecule has 0 aromatic carbocycles. The van der Waals surface area contributed by atoms with E-state index in [4.69, 9.17) is 11.6 Å². The van der Waals surface area contributed by atoms with Crippen molar-refractivity contribution in [2.75, 3.05) is 7.05 Å². The summed E-state index contributed by atoms with van der Waals surface area (Å²) in [6, 6.07) is 0. The van der Waals surface area contributed by atoms with Gasteiger partial charge >= 0.3 is 0 Å². The SMILES string of the molecule is C=C/C=C(Cl)\C=[N+](/C)[O-]. The maximum atomic E-state index is 10.2. The fourth-order valence-corrected chi connectivity index (χ4v) is 0.556. The Kier molecular flexibility index (Phi) is 3.80. The molecule has 0 saturated heterocycles. The Hall–Kier alpha value is -0.760. The monoisotopic (exact) mass is 145 g/mol. The van der Waals surface area contributed by atoms with E-state index in [9.17, 15) is 5.21 Å². The van der Waals surface area contributed by atoms with Crippen LogP contribution in [0.4, 0.5) is 0 Å². The zero-order valence-electron chi connectivity index (χ0n) is 5.17. The summed E-state index contributed by atoms with van der Waals surface area (Å²) in [4.78, 5) is 0. The van der Waals surface area contributed by atoms with E-state index >= 15 is 0 Å². The molecular weight excluding hydrogens is 138 g/mol. The molecule has 0 atom stereocenters. The smallest absolute Gasteiger partial charge is 0.193 e. The van der Waals surface area contributed by atoms with Gasteiger partial charge in [-0.05, 0) is 6.08 Å². The van der Waals surface area contributed by atoms with Crippen molar-refractivity contribution in [3.05, 3.63) is 29.0 Å². The Bertz CT molecular complexity index is 156. The normalized spacial score (nSPS) is 13.6. The van der Waals surface area contributed by atoms with Gasteiger partial charge in [0.2, 0.25) is 0 Å². The molecule has 0 aromatic heterocycles. The molecule has 0 aliphatic carbocycles. The lowest BCUT2D eigenvalue weighted by Gasteiger charge is -1.91. The molecule has 0 heterocycles. The molecule has 0 rings (SSSR count). The standard InChI is InChI=1S/C6H8ClNO/c1-3-4-6(7)5-8(2)9/h3-5H,1H2,2H3/b6-4+,8-5+. The fraction of sp³-hybridized carbons (Fsp3) is 0.167. The summed E-state index contributed by atoms with van der Waals surface area (Å²) >= 11 is 5.47. The van der Waals surface area contributed by atoms with Gasteiger partial charge in [-0.3, -0.25) is 0 Å². The predicted octanol–water partition coefficient (Wildman–Crippen LogP) is 1.51. The molecule has 0 bridgehead atoms. The Labute approximate surface area is 59.3 Å². The lowest BCUT2D eigenvalue weighted by molar-refractivity contribution is -0.416. The van der Waals surface area contributed by atoms with Gasteiger partial charge in [0.05, 0.1) is 0 Å². The first kappa shape index (κ1) is 8.24. The molecule has 0 aromatic rings. The second kappa shape index (κ2) is 4.15. The largest absolute Gasteiger partial charge is 0.624 e. The highest BCUT2D eigenvalue weighted by molar-refractivity contribution is 6.38. The molecule has 0 saturated carbocycles. The predicted molar refractivity (Wildman–Crippen MR) is 39.7 cm³/mol. The van der Waals surface area contributed by atoms with Gasteiger partial charge in [-0.1, -0.05) is 24.3 Å². The number of halogens is 1. The number of hydrogen-bond acceptors (Lipinski definition) is 1. The summed E-state index contributed by atoms with van der Waals surface area (Å²) in [6.45, 7) is 3.41. The van der Waals surface area contributed by atoms with Gasteiger partial charge in [0, 0.05) is 0 Å². The van der Waals surface area contributed by atoms with Crippen molar-refractivity contribution in [1.29, 1.82) is 0 Å². The maximum Gasteiger partial charge on any atom is 0.193 e. The van der Waals surface area contributed by atoms with E-state index < -0.39 is 0 Å². The van der Waals surface area contributed by atoms with E-state index in [-0.39, 0.29) is 0 Å². The third-order valence-corrected chi connectivity index (χ3v) is 0.806. The van der Waals surface area contributed by atoms with Crippen LogP contribution in [0.25, 0.3) is 0 Å². The molecule has 0 unspecified atom stereocenters. The molecule has 0 aliphatic heterocycles. The van der Waals surface area contributed by atoms with Crippen LogP contribution in [-0.2, 0) is 0 Å². The minimum atomic E-state index is 0.377. The van der Waals surface area contributed by atoms with Crippen molar-refractivity contribution in [1.82, 2.24) is 0 Å². The van der Waals surface area contributed by atoms with E-state index in [1.165, 1.54) is 25.4 Å². The first-order chi connectivity index (χ1) is 4.16. The lowest BCUT2D eigenvalue weighted by Crippen LogP contribution is -1.94. The van der Waals surface area contributed by atoms with Crippen LogP contribution < -0.4 is 0 Å². The van der Waals surface area contributed by atoms with E-state index in [1.807, 2.05) is 0 Å². The number of hydroxylamine groups is 1. The third kappa shape index (κ3) is 5.11. The van der Waals surface area contributed by atoms with Crippen molar-refractivity contribution < 1.29 is 4.74 Å². The molecule has 0 radical (unpaired) electrons. The van der Waals surface area contributed by atoms with Crippen LogP contribution >= 0.6 is 11.6 Å². The van der Waals surface area contributed by atoms with Crippen LogP contribution in [0.1, 0.15) is 0 Å². The van der Waals surface area contributed by atoms with Crippen molar-refractivity contribution in [3.8, 4) is 0 Å². The summed E-state index contributed by atoms with van der Waals surface area (Å²) < 4.78 is 0.627. The molecule has 50 valence electrons. The summed E-state index contributed by atoms with van der Waals surface area (Å²) in [5, 5.41) is 10.6. The molecule has 9 heavy (non-hydrogen) atoms. The number of allylic oxidation sites excluding steroid dienone is 3. The van der Waals surface area contributed by atoms with Crippen molar-refractivity contribution in [2.24, 2.45) is 0 Å². The summed E-state index contributed by atoms with van der Waals surface area (Å²) in [6.07, 6.45) is 4.31. The minimum Gasteiger partial charge on any atom is -0.624 e. The van der Waals surface area contributed by atoms with Crippen LogP contribution in [0.5, 0.6) is 0 Å². The second-order valence-electron chi connectivity index (χ2n) is 1.46. The number of hydrogen-bond donors (Lipinski definition) is 0. The van der Waals surface area contributed by atoms with Gasteiger partial charge in [-0.15, -0.1) is 0 Å². The highest BCUT2D eigenvalue weighted by atomic mass is 35.5. The van der Waals surface area contributed by atoms with Crippen molar-refractivity contribution >= 4 is 17.8 Å². The molecule has 0 N–H and O–H groups in total. The summed E-state index contributed by atoms with van der Waals surface area (Å²) in [7, 11) is 1.36. The van der Waals surface area contributed by atoms with Crippen molar-refractivity contribution in [3.63, 3.8) is 0 Å². The van der Waals surface area contributed by atoms with Gasteiger partial charge in [0.1, 0.15) is 12.1 Å². The van der Waals surface area contributed by atoms with Crippen LogP contribution in [0.2, 0.25) is 0 Å². The van der Waals surface area contributed by atoms with Gasteiger partial charge in [-0.2, -0.15) is 0 Å². The van der Waals surface area contributed by atoms with E-state index in [2.05, 4.69) is 6.58 Å². The molecule has 0 aliphatic rings. The van der Waals surface area contributed by atoms with Gasteiger partial charge in [0.15, 0.2) is 6.21 Å². The zero-order valence-corrected chi connectivity index (χ0v) is 5.93. The first-order valence-corrected chi connectivity index (χ1v) is 2.77. The molecule has 0 amide bonds. The van der Waals surface area contributed by atoms with Gasteiger partial charge < -0.3 is 5.21 Å². The Morgan fingerprint density at radius 3 is 2.67 bits per heavy atom. The second-order valence-corrected chi connectivity index (χ2v) is 1.90. The first-order valence-electron chi connectivity index (χ1n) is 2.40. The van der Waals surface area contributed by atoms with Crippen molar-refractivity contribution in [2.45, 2.75) is 0 Å². The maximum absolute atomic E-state index is 10.2. The topological polar surface area (TPSA) is 26.1 Å². The zero-order chi connectivity index (χ0) is 7.28. The Balaban J connectivity index is 4.05. The van der Waals surface area contributed by atoms with Crippen LogP contribution in [0.3, 0.4) is 0 Å².